The van der Waals surface area contributed by atoms with Gasteiger partial charge in [0.2, 0.25) is 0 Å². The van der Waals surface area contributed by atoms with E-state index in [0.717, 1.165) is 64.9 Å². The van der Waals surface area contributed by atoms with Crippen LogP contribution < -0.4 is 10.1 Å². The molecule has 1 N–H and O–H groups in total. The van der Waals surface area contributed by atoms with Crippen LogP contribution in [-0.4, -0.2) is 74.9 Å². The molecule has 1 atom stereocenters. The molecule has 2 aliphatic rings. The average molecular weight is 559 g/mol. The minimum Gasteiger partial charge on any atom is -0.434 e. The summed E-state index contributed by atoms with van der Waals surface area (Å²) in [5.41, 5.74) is 0.539. The second kappa shape index (κ2) is 12.8. The van der Waals surface area contributed by atoms with E-state index in [-0.39, 0.29) is 36.3 Å². The topological polar surface area (TPSA) is 49.3 Å². The van der Waals surface area contributed by atoms with Gasteiger partial charge in [0.05, 0.1) is 19.8 Å². The van der Waals surface area contributed by atoms with Gasteiger partial charge in [-0.05, 0) is 37.5 Å². The van der Waals surface area contributed by atoms with Gasteiger partial charge < -0.3 is 19.7 Å². The molecular formula is C20H30ClF2IN4O2. The molecule has 170 valence electrons. The predicted molar refractivity (Wildman–Crippen MR) is 125 cm³/mol. The third-order valence-corrected chi connectivity index (χ3v) is 5.41. The molecule has 2 saturated heterocycles. The summed E-state index contributed by atoms with van der Waals surface area (Å²) in [6, 6.07) is 4.62. The van der Waals surface area contributed by atoms with Crippen molar-refractivity contribution in [2.75, 3.05) is 52.5 Å². The van der Waals surface area contributed by atoms with Crippen LogP contribution in [0.5, 0.6) is 5.75 Å². The molecule has 0 radical (unpaired) electrons. The smallest absolute Gasteiger partial charge is 0.387 e. The van der Waals surface area contributed by atoms with Gasteiger partial charge in [0.1, 0.15) is 5.75 Å². The number of benzene rings is 1. The highest BCUT2D eigenvalue weighted by molar-refractivity contribution is 14.0. The lowest BCUT2D eigenvalue weighted by Crippen LogP contribution is -2.42. The highest BCUT2D eigenvalue weighted by atomic mass is 127. The maximum Gasteiger partial charge on any atom is 0.387 e. The van der Waals surface area contributed by atoms with Crippen molar-refractivity contribution in [1.29, 1.82) is 0 Å². The van der Waals surface area contributed by atoms with Crippen LogP contribution in [0.4, 0.5) is 8.78 Å². The molecule has 6 nitrogen and oxygen atoms in total. The number of ether oxygens (including phenoxy) is 2. The fraction of sp³-hybridized carbons (Fsp3) is 0.650. The van der Waals surface area contributed by atoms with Crippen LogP contribution in [0.1, 0.15) is 18.9 Å². The summed E-state index contributed by atoms with van der Waals surface area (Å²) in [6.45, 7) is 6.61. The van der Waals surface area contributed by atoms with Crippen molar-refractivity contribution in [3.63, 3.8) is 0 Å². The Morgan fingerprint density at radius 3 is 2.80 bits per heavy atom. The molecule has 2 heterocycles. The van der Waals surface area contributed by atoms with Crippen molar-refractivity contribution in [3.8, 4) is 5.75 Å². The molecule has 2 fully saturated rings. The summed E-state index contributed by atoms with van der Waals surface area (Å²) in [6.07, 6.45) is 1.11. The maximum absolute atomic E-state index is 12.7. The van der Waals surface area contributed by atoms with Gasteiger partial charge in [-0.1, -0.05) is 11.6 Å². The number of aliphatic imine (C=N–C) groups is 1. The lowest BCUT2D eigenvalue weighted by Gasteiger charge is -2.29. The molecule has 0 amide bonds. The van der Waals surface area contributed by atoms with Gasteiger partial charge >= 0.3 is 6.61 Å². The quantitative estimate of drug-likeness (QED) is 0.314. The number of alkyl halides is 2. The van der Waals surface area contributed by atoms with Gasteiger partial charge in [0, 0.05) is 49.9 Å². The van der Waals surface area contributed by atoms with Crippen molar-refractivity contribution < 1.29 is 18.3 Å². The third-order valence-electron chi connectivity index (χ3n) is 5.18. The number of rotatable bonds is 7. The van der Waals surface area contributed by atoms with Crippen molar-refractivity contribution in [3.05, 3.63) is 28.8 Å². The maximum atomic E-state index is 12.7. The summed E-state index contributed by atoms with van der Waals surface area (Å²) in [5.74, 6) is 1.48. The first-order valence-electron chi connectivity index (χ1n) is 10.1. The van der Waals surface area contributed by atoms with Crippen LogP contribution >= 0.6 is 35.6 Å². The molecular weight excluding hydrogens is 529 g/mol. The first-order chi connectivity index (χ1) is 14.0. The number of guanidine groups is 1. The Kier molecular flexibility index (Phi) is 10.8. The van der Waals surface area contributed by atoms with Gasteiger partial charge in [-0.3, -0.25) is 4.90 Å². The molecule has 0 spiro atoms. The normalized spacial score (nSPS) is 20.4. The monoisotopic (exact) mass is 558 g/mol. The summed E-state index contributed by atoms with van der Waals surface area (Å²) in [7, 11) is 0. The Labute approximate surface area is 198 Å². The van der Waals surface area contributed by atoms with E-state index in [2.05, 4.69) is 24.8 Å². The third kappa shape index (κ3) is 7.65. The minimum atomic E-state index is -2.88. The van der Waals surface area contributed by atoms with Crippen LogP contribution in [-0.2, 0) is 11.3 Å². The fourth-order valence-corrected chi connectivity index (χ4v) is 3.99. The lowest BCUT2D eigenvalue weighted by atomic mass is 10.1. The molecule has 3 rings (SSSR count). The summed E-state index contributed by atoms with van der Waals surface area (Å²) < 4.78 is 35.4. The first-order valence-corrected chi connectivity index (χ1v) is 10.5. The second-order valence-electron chi connectivity index (χ2n) is 7.31. The molecule has 0 aliphatic carbocycles. The van der Waals surface area contributed by atoms with Gasteiger partial charge in [-0.25, -0.2) is 4.99 Å². The van der Waals surface area contributed by atoms with Crippen molar-refractivity contribution in [2.24, 2.45) is 10.9 Å². The number of morpholine rings is 1. The Balaban J connectivity index is 0.00000320. The minimum absolute atomic E-state index is 0. The van der Waals surface area contributed by atoms with E-state index in [4.69, 9.17) is 16.3 Å². The first kappa shape index (κ1) is 25.4. The van der Waals surface area contributed by atoms with Crippen LogP contribution in [0, 0.1) is 5.92 Å². The van der Waals surface area contributed by atoms with Gasteiger partial charge in [0.15, 0.2) is 5.96 Å². The van der Waals surface area contributed by atoms with Crippen LogP contribution in [0.3, 0.4) is 0 Å². The van der Waals surface area contributed by atoms with Crippen LogP contribution in [0.25, 0.3) is 0 Å². The number of hydrogen-bond acceptors (Lipinski definition) is 4. The van der Waals surface area contributed by atoms with Gasteiger partial charge in [-0.2, -0.15) is 8.78 Å². The lowest BCUT2D eigenvalue weighted by molar-refractivity contribution is -0.0504. The zero-order chi connectivity index (χ0) is 20.6. The molecule has 1 aromatic rings. The Morgan fingerprint density at radius 1 is 1.33 bits per heavy atom. The molecule has 1 unspecified atom stereocenters. The predicted octanol–water partition coefficient (Wildman–Crippen LogP) is 3.68. The zero-order valence-corrected chi connectivity index (χ0v) is 20.2. The number of halogens is 4. The van der Waals surface area contributed by atoms with Crippen molar-refractivity contribution in [1.82, 2.24) is 15.1 Å². The zero-order valence-electron chi connectivity index (χ0n) is 17.2. The Bertz CT molecular complexity index is 693. The standard InChI is InChI=1S/C20H29ClF2N4O2.HI/c1-2-24-20(25-12-16-11-17(21)3-4-18(16)29-19(22)23)27-6-5-15(14-27)13-26-7-9-28-10-8-26;/h3-4,11,15,19H,2,5-10,12-14H2,1H3,(H,24,25);1H. The van der Waals surface area contributed by atoms with E-state index in [9.17, 15) is 8.78 Å². The number of hydrogen-bond donors (Lipinski definition) is 1. The summed E-state index contributed by atoms with van der Waals surface area (Å²) in [4.78, 5) is 9.37. The SMILES string of the molecule is CCNC(=NCc1cc(Cl)ccc1OC(F)F)N1CCC(CN2CCOCC2)C1.I. The molecule has 0 saturated carbocycles. The molecule has 0 bridgehead atoms. The fourth-order valence-electron chi connectivity index (χ4n) is 3.79. The van der Waals surface area contributed by atoms with Crippen molar-refractivity contribution in [2.45, 2.75) is 26.5 Å². The van der Waals surface area contributed by atoms with Crippen molar-refractivity contribution >= 4 is 41.5 Å². The number of nitrogens with zero attached hydrogens (tertiary/aromatic N) is 3. The molecule has 10 heteroatoms. The number of likely N-dealkylation sites (tertiary alicyclic amines) is 1. The Morgan fingerprint density at radius 2 is 2.10 bits per heavy atom. The van der Waals surface area contributed by atoms with E-state index >= 15 is 0 Å². The van der Waals surface area contributed by atoms with E-state index in [0.29, 0.717) is 16.5 Å². The van der Waals surface area contributed by atoms with Gasteiger partial charge in [0.25, 0.3) is 0 Å². The number of nitrogens with one attached hydrogen (secondary N) is 1. The molecule has 2 aliphatic heterocycles. The average Bonchev–Trinajstić information content (AvgIpc) is 3.15. The summed E-state index contributed by atoms with van der Waals surface area (Å²) >= 11 is 6.04. The highest BCUT2D eigenvalue weighted by Crippen LogP contribution is 2.26. The molecule has 0 aromatic heterocycles. The van der Waals surface area contributed by atoms with E-state index < -0.39 is 6.61 Å². The van der Waals surface area contributed by atoms with Crippen LogP contribution in [0.2, 0.25) is 5.02 Å². The van der Waals surface area contributed by atoms with Crippen LogP contribution in [0.15, 0.2) is 23.2 Å². The second-order valence-corrected chi connectivity index (χ2v) is 7.75. The molecule has 1 aromatic carbocycles. The Hall–Kier alpha value is -0.910. The van der Waals surface area contributed by atoms with E-state index in [1.807, 2.05) is 6.92 Å². The molecule has 30 heavy (non-hydrogen) atoms. The largest absolute Gasteiger partial charge is 0.434 e. The highest BCUT2D eigenvalue weighted by Gasteiger charge is 2.27. The van der Waals surface area contributed by atoms with E-state index in [1.165, 1.54) is 12.1 Å². The van der Waals surface area contributed by atoms with E-state index in [1.54, 1.807) is 6.07 Å². The summed E-state index contributed by atoms with van der Waals surface area (Å²) in [5, 5.41) is 3.78. The van der Waals surface area contributed by atoms with Gasteiger partial charge in [-0.15, -0.1) is 24.0 Å².